The summed E-state index contributed by atoms with van der Waals surface area (Å²) in [5.41, 5.74) is 2.14. The Hall–Kier alpha value is -2.49. The molecule has 1 aliphatic rings. The summed E-state index contributed by atoms with van der Waals surface area (Å²) in [6.45, 7) is 2.80. The number of benzene rings is 2. The van der Waals surface area contributed by atoms with Crippen molar-refractivity contribution in [3.8, 4) is 0 Å². The average Bonchev–Trinajstić information content (AvgIpc) is 2.68. The highest BCUT2D eigenvalue weighted by Crippen LogP contribution is 2.28. The summed E-state index contributed by atoms with van der Waals surface area (Å²) < 4.78 is 23.4. The second-order valence-corrected chi connectivity index (χ2v) is 9.35. The quantitative estimate of drug-likeness (QED) is 0.524. The largest absolute Gasteiger partial charge is 0.393 e. The first-order valence-corrected chi connectivity index (χ1v) is 11.3. The van der Waals surface area contributed by atoms with Crippen LogP contribution in [0, 0.1) is 10.1 Å². The number of likely N-dealkylation sites (tertiary alicyclic amines) is 1. The van der Waals surface area contributed by atoms with Crippen molar-refractivity contribution >= 4 is 21.2 Å². The Balaban J connectivity index is 1.76. The van der Waals surface area contributed by atoms with Crippen LogP contribution in [0.15, 0.2) is 47.4 Å². The van der Waals surface area contributed by atoms with Crippen molar-refractivity contribution in [1.29, 1.82) is 0 Å². The highest BCUT2D eigenvalue weighted by Gasteiger charge is 2.20. The van der Waals surface area contributed by atoms with E-state index in [0.717, 1.165) is 55.9 Å². The molecule has 0 aliphatic carbocycles. The summed E-state index contributed by atoms with van der Waals surface area (Å²) in [6.07, 6.45) is 2.33. The minimum atomic E-state index is -3.53. The van der Waals surface area contributed by atoms with Gasteiger partial charge in [-0.2, -0.15) is 0 Å². The van der Waals surface area contributed by atoms with E-state index in [4.69, 9.17) is 0 Å². The molecule has 2 aromatic carbocycles. The molecule has 0 aromatic heterocycles. The zero-order valence-electron chi connectivity index (χ0n) is 16.2. The number of rotatable bonds is 7. The van der Waals surface area contributed by atoms with Gasteiger partial charge in [0.1, 0.15) is 5.69 Å². The van der Waals surface area contributed by atoms with E-state index in [0.29, 0.717) is 6.54 Å². The van der Waals surface area contributed by atoms with Crippen LogP contribution in [-0.4, -0.2) is 48.8 Å². The van der Waals surface area contributed by atoms with E-state index in [1.54, 1.807) is 0 Å². The Morgan fingerprint density at radius 1 is 1.17 bits per heavy atom. The molecule has 29 heavy (non-hydrogen) atoms. The average molecular weight is 420 g/mol. The number of aliphatic hydroxyl groups is 1. The number of nitrogens with zero attached hydrogens (tertiary/aromatic N) is 2. The van der Waals surface area contributed by atoms with Crippen molar-refractivity contribution in [2.24, 2.45) is 0 Å². The van der Waals surface area contributed by atoms with Crippen LogP contribution in [0.1, 0.15) is 24.0 Å². The van der Waals surface area contributed by atoms with E-state index in [1.807, 2.05) is 24.3 Å². The molecule has 156 valence electrons. The molecule has 1 aliphatic heterocycles. The fraction of sp³-hybridized carbons (Fsp3) is 0.400. The van der Waals surface area contributed by atoms with Crippen LogP contribution in [0.3, 0.4) is 0 Å². The predicted molar refractivity (Wildman–Crippen MR) is 110 cm³/mol. The van der Waals surface area contributed by atoms with Crippen molar-refractivity contribution in [3.63, 3.8) is 0 Å². The third-order valence-corrected chi connectivity index (χ3v) is 6.24. The second-order valence-electron chi connectivity index (χ2n) is 7.34. The number of piperidine rings is 1. The maximum absolute atomic E-state index is 11.7. The monoisotopic (exact) mass is 419 g/mol. The minimum Gasteiger partial charge on any atom is -0.393 e. The number of nitro groups is 1. The molecular formula is C20H25N3O5S. The smallest absolute Gasteiger partial charge is 0.293 e. The molecule has 0 saturated carbocycles. The lowest BCUT2D eigenvalue weighted by molar-refractivity contribution is -0.384. The van der Waals surface area contributed by atoms with Gasteiger partial charge in [-0.3, -0.25) is 15.0 Å². The summed E-state index contributed by atoms with van der Waals surface area (Å²) in [4.78, 5) is 13.0. The van der Waals surface area contributed by atoms with Crippen LogP contribution < -0.4 is 5.32 Å². The SMILES string of the molecule is CS(=O)(=O)c1ccc(NCc2ccccc2CN2CCC(O)CC2)c([N+](=O)[O-])c1. The van der Waals surface area contributed by atoms with Gasteiger partial charge < -0.3 is 10.4 Å². The van der Waals surface area contributed by atoms with Gasteiger partial charge in [0, 0.05) is 38.5 Å². The normalized spacial score (nSPS) is 15.9. The molecule has 1 saturated heterocycles. The van der Waals surface area contributed by atoms with Gasteiger partial charge in [0.2, 0.25) is 0 Å². The highest BCUT2D eigenvalue weighted by atomic mass is 32.2. The number of nitro benzene ring substituents is 1. The summed E-state index contributed by atoms with van der Waals surface area (Å²) in [7, 11) is -3.53. The maximum atomic E-state index is 11.7. The zero-order chi connectivity index (χ0) is 21.0. The molecule has 3 rings (SSSR count). The van der Waals surface area contributed by atoms with Gasteiger partial charge in [-0.25, -0.2) is 8.42 Å². The number of anilines is 1. The Kier molecular flexibility index (Phi) is 6.51. The summed E-state index contributed by atoms with van der Waals surface area (Å²) >= 11 is 0. The number of hydrogen-bond acceptors (Lipinski definition) is 7. The molecular weight excluding hydrogens is 394 g/mol. The van der Waals surface area contributed by atoms with E-state index in [1.165, 1.54) is 12.1 Å². The number of hydrogen-bond donors (Lipinski definition) is 2. The van der Waals surface area contributed by atoms with Gasteiger partial charge in [-0.1, -0.05) is 24.3 Å². The van der Waals surface area contributed by atoms with Crippen molar-refractivity contribution in [1.82, 2.24) is 4.90 Å². The van der Waals surface area contributed by atoms with Gasteiger partial charge in [0.15, 0.2) is 9.84 Å². The standard InChI is InChI=1S/C20H25N3O5S/c1-29(27,28)18-6-7-19(20(12-18)23(25)26)21-13-15-4-2-3-5-16(15)14-22-10-8-17(24)9-11-22/h2-7,12,17,21,24H,8-11,13-14H2,1H3. The van der Waals surface area contributed by atoms with E-state index >= 15 is 0 Å². The Bertz CT molecular complexity index is 985. The lowest BCUT2D eigenvalue weighted by atomic mass is 10.0. The van der Waals surface area contributed by atoms with Crippen LogP contribution in [0.4, 0.5) is 11.4 Å². The van der Waals surface area contributed by atoms with Gasteiger partial charge in [0.25, 0.3) is 5.69 Å². The van der Waals surface area contributed by atoms with Crippen LogP contribution in [0.2, 0.25) is 0 Å². The second kappa shape index (κ2) is 8.89. The van der Waals surface area contributed by atoms with E-state index in [2.05, 4.69) is 10.2 Å². The molecule has 0 unspecified atom stereocenters. The zero-order valence-corrected chi connectivity index (χ0v) is 17.1. The Morgan fingerprint density at radius 2 is 1.83 bits per heavy atom. The maximum Gasteiger partial charge on any atom is 0.293 e. The third-order valence-electron chi connectivity index (χ3n) is 5.13. The van der Waals surface area contributed by atoms with Crippen molar-refractivity contribution in [2.75, 3.05) is 24.7 Å². The predicted octanol–water partition coefficient (Wildman–Crippen LogP) is 2.57. The summed E-state index contributed by atoms with van der Waals surface area (Å²) in [5, 5.41) is 24.2. The van der Waals surface area contributed by atoms with E-state index < -0.39 is 14.8 Å². The van der Waals surface area contributed by atoms with Gasteiger partial charge in [-0.15, -0.1) is 0 Å². The molecule has 0 amide bonds. The molecule has 1 fully saturated rings. The van der Waals surface area contributed by atoms with Gasteiger partial charge >= 0.3 is 0 Å². The first kappa shape index (κ1) is 21.2. The Labute approximate surface area is 170 Å². The van der Waals surface area contributed by atoms with Crippen LogP contribution in [0.25, 0.3) is 0 Å². The molecule has 2 N–H and O–H groups in total. The van der Waals surface area contributed by atoms with Crippen LogP contribution >= 0.6 is 0 Å². The molecule has 0 spiro atoms. The lowest BCUT2D eigenvalue weighted by Gasteiger charge is -2.30. The third kappa shape index (κ3) is 5.53. The molecule has 0 radical (unpaired) electrons. The molecule has 2 aromatic rings. The lowest BCUT2D eigenvalue weighted by Crippen LogP contribution is -2.35. The van der Waals surface area contributed by atoms with E-state index in [9.17, 15) is 23.6 Å². The van der Waals surface area contributed by atoms with E-state index in [-0.39, 0.29) is 22.4 Å². The van der Waals surface area contributed by atoms with Crippen molar-refractivity contribution in [2.45, 2.75) is 36.9 Å². The topological polar surface area (TPSA) is 113 Å². The molecule has 9 heteroatoms. The summed E-state index contributed by atoms with van der Waals surface area (Å²) in [5.74, 6) is 0. The fourth-order valence-electron chi connectivity index (χ4n) is 3.44. The van der Waals surface area contributed by atoms with Gasteiger partial charge in [-0.05, 0) is 36.1 Å². The van der Waals surface area contributed by atoms with Gasteiger partial charge in [0.05, 0.1) is 15.9 Å². The molecule has 0 atom stereocenters. The highest BCUT2D eigenvalue weighted by molar-refractivity contribution is 7.90. The number of sulfone groups is 1. The first-order valence-electron chi connectivity index (χ1n) is 9.43. The Morgan fingerprint density at radius 3 is 2.45 bits per heavy atom. The van der Waals surface area contributed by atoms with Crippen LogP contribution in [0.5, 0.6) is 0 Å². The van der Waals surface area contributed by atoms with Crippen molar-refractivity contribution in [3.05, 3.63) is 63.7 Å². The van der Waals surface area contributed by atoms with Crippen LogP contribution in [-0.2, 0) is 22.9 Å². The minimum absolute atomic E-state index is 0.0811. The number of aliphatic hydroxyl groups excluding tert-OH is 1. The summed E-state index contributed by atoms with van der Waals surface area (Å²) in [6, 6.07) is 11.8. The molecule has 0 bridgehead atoms. The molecule has 1 heterocycles. The first-order chi connectivity index (χ1) is 13.7. The fourth-order valence-corrected chi connectivity index (χ4v) is 4.08. The molecule has 8 nitrogen and oxygen atoms in total. The number of nitrogens with one attached hydrogen (secondary N) is 1. The van der Waals surface area contributed by atoms with Crippen molar-refractivity contribution < 1.29 is 18.4 Å².